The maximum atomic E-state index is 5.42. The van der Waals surface area contributed by atoms with E-state index in [0.717, 1.165) is 30.5 Å². The third kappa shape index (κ3) is 4.11. The zero-order valence-corrected chi connectivity index (χ0v) is 9.73. The molecule has 1 aromatic rings. The van der Waals surface area contributed by atoms with Crippen molar-refractivity contribution in [3.63, 3.8) is 0 Å². The Labute approximate surface area is 88.9 Å². The molecule has 0 fully saturated rings. The highest BCUT2D eigenvalue weighted by atomic mass is 32.2. The van der Waals surface area contributed by atoms with Gasteiger partial charge < -0.3 is 9.73 Å². The molecule has 80 valence electrons. The second-order valence-electron chi connectivity index (χ2n) is 3.38. The highest BCUT2D eigenvalue weighted by molar-refractivity contribution is 7.97. The van der Waals surface area contributed by atoms with Gasteiger partial charge in [0.15, 0.2) is 0 Å². The standard InChI is InChI=1S/C9H17N3OS/c1-7(2)10-5-4-8-11-12-9(13-8)6-14-3/h7,10H,4-6H2,1-3H3. The summed E-state index contributed by atoms with van der Waals surface area (Å²) in [6.45, 7) is 5.12. The summed E-state index contributed by atoms with van der Waals surface area (Å²) in [5.41, 5.74) is 0. The minimum absolute atomic E-state index is 0.503. The summed E-state index contributed by atoms with van der Waals surface area (Å²) in [6.07, 6.45) is 2.82. The Bertz CT molecular complexity index is 262. The normalized spacial score (nSPS) is 11.1. The minimum Gasteiger partial charge on any atom is -0.424 e. The Balaban J connectivity index is 2.28. The van der Waals surface area contributed by atoms with Gasteiger partial charge in [0.25, 0.3) is 0 Å². The van der Waals surface area contributed by atoms with Crippen molar-refractivity contribution in [1.29, 1.82) is 0 Å². The van der Waals surface area contributed by atoms with Crippen LogP contribution in [0.3, 0.4) is 0 Å². The average Bonchev–Trinajstić information content (AvgIpc) is 2.53. The fourth-order valence-corrected chi connectivity index (χ4v) is 1.40. The molecule has 0 unspecified atom stereocenters. The molecule has 0 aliphatic carbocycles. The first kappa shape index (κ1) is 11.5. The van der Waals surface area contributed by atoms with Crippen LogP contribution in [0.15, 0.2) is 4.42 Å². The van der Waals surface area contributed by atoms with Crippen molar-refractivity contribution in [2.75, 3.05) is 12.8 Å². The van der Waals surface area contributed by atoms with Crippen LogP contribution < -0.4 is 5.32 Å². The van der Waals surface area contributed by atoms with E-state index in [9.17, 15) is 0 Å². The lowest BCUT2D eigenvalue weighted by atomic mass is 10.3. The molecular weight excluding hydrogens is 198 g/mol. The molecule has 0 aliphatic heterocycles. The second kappa shape index (κ2) is 6.03. The number of nitrogens with one attached hydrogen (secondary N) is 1. The minimum atomic E-state index is 0.503. The van der Waals surface area contributed by atoms with Crippen molar-refractivity contribution in [2.45, 2.75) is 32.1 Å². The van der Waals surface area contributed by atoms with Crippen LogP contribution in [0.25, 0.3) is 0 Å². The van der Waals surface area contributed by atoms with Gasteiger partial charge in [0, 0.05) is 19.0 Å². The van der Waals surface area contributed by atoms with Gasteiger partial charge in [-0.1, -0.05) is 13.8 Å². The molecule has 14 heavy (non-hydrogen) atoms. The molecule has 0 saturated carbocycles. The molecule has 0 amide bonds. The number of hydrogen-bond acceptors (Lipinski definition) is 5. The molecule has 5 heteroatoms. The summed E-state index contributed by atoms with van der Waals surface area (Å²) in [5, 5.41) is 11.2. The molecule has 0 saturated heterocycles. The number of thioether (sulfide) groups is 1. The van der Waals surface area contributed by atoms with Crippen molar-refractivity contribution in [3.8, 4) is 0 Å². The SMILES string of the molecule is CSCc1nnc(CCNC(C)C)o1. The molecule has 0 atom stereocenters. The maximum Gasteiger partial charge on any atom is 0.226 e. The highest BCUT2D eigenvalue weighted by Crippen LogP contribution is 2.07. The summed E-state index contributed by atoms with van der Waals surface area (Å²) < 4.78 is 5.42. The zero-order valence-electron chi connectivity index (χ0n) is 8.91. The van der Waals surface area contributed by atoms with Crippen LogP contribution in [0, 0.1) is 0 Å². The van der Waals surface area contributed by atoms with Gasteiger partial charge >= 0.3 is 0 Å². The third-order valence-electron chi connectivity index (χ3n) is 1.67. The molecular formula is C9H17N3OS. The van der Waals surface area contributed by atoms with E-state index in [1.807, 2.05) is 6.26 Å². The highest BCUT2D eigenvalue weighted by Gasteiger charge is 2.04. The van der Waals surface area contributed by atoms with Gasteiger partial charge in [-0.25, -0.2) is 0 Å². The maximum absolute atomic E-state index is 5.42. The quantitative estimate of drug-likeness (QED) is 0.779. The summed E-state index contributed by atoms with van der Waals surface area (Å²) >= 11 is 1.68. The van der Waals surface area contributed by atoms with E-state index >= 15 is 0 Å². The molecule has 0 bridgehead atoms. The monoisotopic (exact) mass is 215 g/mol. The van der Waals surface area contributed by atoms with Gasteiger partial charge in [-0.05, 0) is 6.26 Å². The van der Waals surface area contributed by atoms with E-state index in [2.05, 4.69) is 29.4 Å². The molecule has 0 radical (unpaired) electrons. The van der Waals surface area contributed by atoms with Crippen LogP contribution in [0.4, 0.5) is 0 Å². The molecule has 1 rings (SSSR count). The second-order valence-corrected chi connectivity index (χ2v) is 4.25. The van der Waals surface area contributed by atoms with Crippen LogP contribution in [0.2, 0.25) is 0 Å². The van der Waals surface area contributed by atoms with Crippen molar-refractivity contribution < 1.29 is 4.42 Å². The fraction of sp³-hybridized carbons (Fsp3) is 0.778. The van der Waals surface area contributed by atoms with Crippen LogP contribution in [0.5, 0.6) is 0 Å². The van der Waals surface area contributed by atoms with Crippen LogP contribution in [-0.2, 0) is 12.2 Å². The molecule has 1 N–H and O–H groups in total. The summed E-state index contributed by atoms with van der Waals surface area (Å²) in [6, 6.07) is 0.503. The topological polar surface area (TPSA) is 51.0 Å². The Morgan fingerprint density at radius 1 is 1.36 bits per heavy atom. The first-order chi connectivity index (χ1) is 6.72. The Morgan fingerprint density at radius 3 is 2.71 bits per heavy atom. The van der Waals surface area contributed by atoms with Gasteiger partial charge in [-0.3, -0.25) is 0 Å². The molecule has 1 aromatic heterocycles. The van der Waals surface area contributed by atoms with E-state index in [1.54, 1.807) is 11.8 Å². The number of rotatable bonds is 6. The van der Waals surface area contributed by atoms with Crippen molar-refractivity contribution in [1.82, 2.24) is 15.5 Å². The largest absolute Gasteiger partial charge is 0.424 e. The van der Waals surface area contributed by atoms with Crippen molar-refractivity contribution >= 4 is 11.8 Å². The Kier molecular flexibility index (Phi) is 4.97. The molecule has 1 heterocycles. The van der Waals surface area contributed by atoms with Crippen LogP contribution in [0.1, 0.15) is 25.6 Å². The van der Waals surface area contributed by atoms with E-state index < -0.39 is 0 Å². The van der Waals surface area contributed by atoms with E-state index in [4.69, 9.17) is 4.42 Å². The molecule has 0 spiro atoms. The number of hydrogen-bond donors (Lipinski definition) is 1. The van der Waals surface area contributed by atoms with Crippen LogP contribution >= 0.6 is 11.8 Å². The van der Waals surface area contributed by atoms with Gasteiger partial charge in [-0.2, -0.15) is 11.8 Å². The Morgan fingerprint density at radius 2 is 2.07 bits per heavy atom. The predicted molar refractivity (Wildman–Crippen MR) is 58.4 cm³/mol. The zero-order chi connectivity index (χ0) is 10.4. The smallest absolute Gasteiger partial charge is 0.226 e. The average molecular weight is 215 g/mol. The first-order valence-corrected chi connectivity index (χ1v) is 6.15. The molecule has 0 aliphatic rings. The predicted octanol–water partition coefficient (Wildman–Crippen LogP) is 1.47. The first-order valence-electron chi connectivity index (χ1n) is 4.76. The van der Waals surface area contributed by atoms with E-state index in [1.165, 1.54) is 0 Å². The van der Waals surface area contributed by atoms with Gasteiger partial charge in [-0.15, -0.1) is 10.2 Å². The Hall–Kier alpha value is -0.550. The fourth-order valence-electron chi connectivity index (χ4n) is 1.04. The van der Waals surface area contributed by atoms with Gasteiger partial charge in [0.05, 0.1) is 5.75 Å². The van der Waals surface area contributed by atoms with Crippen molar-refractivity contribution in [2.24, 2.45) is 0 Å². The van der Waals surface area contributed by atoms with Crippen LogP contribution in [-0.4, -0.2) is 29.0 Å². The summed E-state index contributed by atoms with van der Waals surface area (Å²) in [5.74, 6) is 2.24. The van der Waals surface area contributed by atoms with Gasteiger partial charge in [0.1, 0.15) is 0 Å². The molecule has 4 nitrogen and oxygen atoms in total. The van der Waals surface area contributed by atoms with Crippen molar-refractivity contribution in [3.05, 3.63) is 11.8 Å². The summed E-state index contributed by atoms with van der Waals surface area (Å²) in [7, 11) is 0. The third-order valence-corrected chi connectivity index (χ3v) is 2.20. The lowest BCUT2D eigenvalue weighted by molar-refractivity contribution is 0.452. The lowest BCUT2D eigenvalue weighted by Crippen LogP contribution is -2.25. The van der Waals surface area contributed by atoms with Gasteiger partial charge in [0.2, 0.25) is 11.8 Å². The lowest BCUT2D eigenvalue weighted by Gasteiger charge is -2.04. The number of nitrogens with zero attached hydrogens (tertiary/aromatic N) is 2. The summed E-state index contributed by atoms with van der Waals surface area (Å²) in [4.78, 5) is 0. The number of aromatic nitrogens is 2. The van der Waals surface area contributed by atoms with E-state index in [-0.39, 0.29) is 0 Å². The van der Waals surface area contributed by atoms with E-state index in [0.29, 0.717) is 6.04 Å². The molecule has 0 aromatic carbocycles.